The van der Waals surface area contributed by atoms with Crippen LogP contribution in [-0.4, -0.2) is 28.7 Å². The first-order valence-corrected chi connectivity index (χ1v) is 7.29. The van der Waals surface area contributed by atoms with E-state index in [-0.39, 0.29) is 18.4 Å². The van der Waals surface area contributed by atoms with E-state index in [0.29, 0.717) is 12.2 Å². The van der Waals surface area contributed by atoms with Crippen LogP contribution in [0.5, 0.6) is 0 Å². The SMILES string of the molecule is CC(CO)CNC(=O)c1cccn1CCc1ccccc1. The molecule has 0 saturated heterocycles. The predicted octanol–water partition coefficient (Wildman–Crippen LogP) is 2.09. The molecule has 0 radical (unpaired) electrons. The summed E-state index contributed by atoms with van der Waals surface area (Å²) in [7, 11) is 0. The molecule has 2 N–H and O–H groups in total. The molecule has 21 heavy (non-hydrogen) atoms. The molecular weight excluding hydrogens is 264 g/mol. The Morgan fingerprint density at radius 2 is 2.00 bits per heavy atom. The minimum absolute atomic E-state index is 0.0710. The summed E-state index contributed by atoms with van der Waals surface area (Å²) >= 11 is 0. The average Bonchev–Trinajstić information content (AvgIpc) is 2.99. The van der Waals surface area contributed by atoms with Gasteiger partial charge in [0.15, 0.2) is 0 Å². The molecule has 4 nitrogen and oxygen atoms in total. The van der Waals surface area contributed by atoms with Gasteiger partial charge in [-0.05, 0) is 30.0 Å². The standard InChI is InChI=1S/C17H22N2O2/c1-14(13-20)12-18-17(21)16-8-5-10-19(16)11-9-15-6-3-2-4-7-15/h2-8,10,14,20H,9,11-13H2,1H3,(H,18,21). The topological polar surface area (TPSA) is 54.3 Å². The molecular formula is C17H22N2O2. The maximum absolute atomic E-state index is 12.1. The summed E-state index contributed by atoms with van der Waals surface area (Å²) in [5, 5.41) is 11.8. The highest BCUT2D eigenvalue weighted by Crippen LogP contribution is 2.07. The lowest BCUT2D eigenvalue weighted by atomic mass is 10.1. The molecule has 1 amide bonds. The van der Waals surface area contributed by atoms with E-state index in [0.717, 1.165) is 13.0 Å². The number of hydrogen-bond donors (Lipinski definition) is 2. The van der Waals surface area contributed by atoms with E-state index in [4.69, 9.17) is 5.11 Å². The molecule has 4 heteroatoms. The van der Waals surface area contributed by atoms with Crippen molar-refractivity contribution in [2.45, 2.75) is 19.9 Å². The van der Waals surface area contributed by atoms with Gasteiger partial charge in [-0.3, -0.25) is 4.79 Å². The smallest absolute Gasteiger partial charge is 0.267 e. The quantitative estimate of drug-likeness (QED) is 0.819. The van der Waals surface area contributed by atoms with Crippen molar-refractivity contribution >= 4 is 5.91 Å². The van der Waals surface area contributed by atoms with Crippen molar-refractivity contribution in [2.75, 3.05) is 13.2 Å². The van der Waals surface area contributed by atoms with Crippen molar-refractivity contribution in [1.29, 1.82) is 0 Å². The van der Waals surface area contributed by atoms with Gasteiger partial charge in [0, 0.05) is 25.9 Å². The van der Waals surface area contributed by atoms with E-state index in [9.17, 15) is 4.79 Å². The van der Waals surface area contributed by atoms with Crippen LogP contribution in [0.3, 0.4) is 0 Å². The molecule has 1 aromatic carbocycles. The predicted molar refractivity (Wildman–Crippen MR) is 83.2 cm³/mol. The monoisotopic (exact) mass is 286 g/mol. The Bertz CT molecular complexity index is 563. The first-order chi connectivity index (χ1) is 10.2. The van der Waals surface area contributed by atoms with Crippen LogP contribution in [-0.2, 0) is 13.0 Å². The Labute approximate surface area is 125 Å². The van der Waals surface area contributed by atoms with Crippen molar-refractivity contribution in [3.8, 4) is 0 Å². The van der Waals surface area contributed by atoms with Crippen molar-refractivity contribution in [3.63, 3.8) is 0 Å². The van der Waals surface area contributed by atoms with Gasteiger partial charge in [0.1, 0.15) is 5.69 Å². The summed E-state index contributed by atoms with van der Waals surface area (Å²) in [5.74, 6) is -0.0185. The number of hydrogen-bond acceptors (Lipinski definition) is 2. The second-order valence-corrected chi connectivity index (χ2v) is 5.32. The number of rotatable bonds is 7. The minimum Gasteiger partial charge on any atom is -0.396 e. The van der Waals surface area contributed by atoms with E-state index in [2.05, 4.69) is 17.4 Å². The number of amides is 1. The summed E-state index contributed by atoms with van der Waals surface area (Å²) in [6, 6.07) is 13.9. The molecule has 2 rings (SSSR count). The number of aliphatic hydroxyl groups is 1. The lowest BCUT2D eigenvalue weighted by molar-refractivity contribution is 0.0933. The fraction of sp³-hybridized carbons (Fsp3) is 0.353. The Hall–Kier alpha value is -2.07. The normalized spacial score (nSPS) is 12.1. The van der Waals surface area contributed by atoms with Gasteiger partial charge in [-0.2, -0.15) is 0 Å². The lowest BCUT2D eigenvalue weighted by Crippen LogP contribution is -2.31. The number of aryl methyl sites for hydroxylation is 2. The van der Waals surface area contributed by atoms with Gasteiger partial charge >= 0.3 is 0 Å². The van der Waals surface area contributed by atoms with Crippen LogP contribution < -0.4 is 5.32 Å². The van der Waals surface area contributed by atoms with Crippen LogP contribution in [0.1, 0.15) is 23.0 Å². The summed E-state index contributed by atoms with van der Waals surface area (Å²) < 4.78 is 1.96. The van der Waals surface area contributed by atoms with Crippen LogP contribution >= 0.6 is 0 Å². The van der Waals surface area contributed by atoms with E-state index in [1.54, 1.807) is 0 Å². The second kappa shape index (κ2) is 7.64. The van der Waals surface area contributed by atoms with E-state index in [1.807, 2.05) is 48.0 Å². The van der Waals surface area contributed by atoms with Gasteiger partial charge < -0.3 is 15.0 Å². The Balaban J connectivity index is 1.93. The maximum atomic E-state index is 12.1. The van der Waals surface area contributed by atoms with Crippen molar-refractivity contribution in [1.82, 2.24) is 9.88 Å². The van der Waals surface area contributed by atoms with Crippen LogP contribution in [0.25, 0.3) is 0 Å². The third-order valence-corrected chi connectivity index (χ3v) is 3.47. The van der Waals surface area contributed by atoms with Gasteiger partial charge in [0.25, 0.3) is 5.91 Å². The van der Waals surface area contributed by atoms with Gasteiger partial charge in [-0.1, -0.05) is 37.3 Å². The minimum atomic E-state index is -0.0895. The van der Waals surface area contributed by atoms with Crippen LogP contribution in [0.15, 0.2) is 48.7 Å². The Morgan fingerprint density at radius 1 is 1.24 bits per heavy atom. The molecule has 2 aromatic rings. The zero-order chi connectivity index (χ0) is 15.1. The highest BCUT2D eigenvalue weighted by atomic mass is 16.3. The number of aromatic nitrogens is 1. The van der Waals surface area contributed by atoms with E-state index < -0.39 is 0 Å². The first kappa shape index (κ1) is 15.3. The first-order valence-electron chi connectivity index (χ1n) is 7.29. The van der Waals surface area contributed by atoms with Crippen LogP contribution in [0.2, 0.25) is 0 Å². The summed E-state index contributed by atoms with van der Waals surface area (Å²) in [6.07, 6.45) is 2.82. The van der Waals surface area contributed by atoms with Crippen molar-refractivity contribution in [3.05, 3.63) is 59.9 Å². The molecule has 1 unspecified atom stereocenters. The highest BCUT2D eigenvalue weighted by Gasteiger charge is 2.11. The third-order valence-electron chi connectivity index (χ3n) is 3.47. The zero-order valence-electron chi connectivity index (χ0n) is 12.3. The van der Waals surface area contributed by atoms with Crippen LogP contribution in [0, 0.1) is 5.92 Å². The fourth-order valence-corrected chi connectivity index (χ4v) is 2.13. The largest absolute Gasteiger partial charge is 0.396 e. The maximum Gasteiger partial charge on any atom is 0.267 e. The zero-order valence-corrected chi connectivity index (χ0v) is 12.3. The van der Waals surface area contributed by atoms with Crippen molar-refractivity contribution in [2.24, 2.45) is 5.92 Å². The molecule has 1 aromatic heterocycles. The van der Waals surface area contributed by atoms with Crippen molar-refractivity contribution < 1.29 is 9.90 Å². The molecule has 0 aliphatic rings. The average molecular weight is 286 g/mol. The Morgan fingerprint density at radius 3 is 2.71 bits per heavy atom. The molecule has 0 aliphatic carbocycles. The number of nitrogens with zero attached hydrogens (tertiary/aromatic N) is 1. The molecule has 0 bridgehead atoms. The number of aliphatic hydroxyl groups excluding tert-OH is 1. The lowest BCUT2D eigenvalue weighted by Gasteiger charge is -2.12. The van der Waals surface area contributed by atoms with E-state index in [1.165, 1.54) is 5.56 Å². The second-order valence-electron chi connectivity index (χ2n) is 5.32. The highest BCUT2D eigenvalue weighted by molar-refractivity contribution is 5.92. The molecule has 1 atom stereocenters. The molecule has 1 heterocycles. The molecule has 112 valence electrons. The van der Waals surface area contributed by atoms with Gasteiger partial charge in [0.05, 0.1) is 0 Å². The van der Waals surface area contributed by atoms with Gasteiger partial charge in [-0.15, -0.1) is 0 Å². The van der Waals surface area contributed by atoms with Gasteiger partial charge in [-0.25, -0.2) is 0 Å². The van der Waals surface area contributed by atoms with Gasteiger partial charge in [0.2, 0.25) is 0 Å². The summed E-state index contributed by atoms with van der Waals surface area (Å²) in [6.45, 7) is 3.23. The number of carbonyl (C=O) groups is 1. The number of carbonyl (C=O) groups excluding carboxylic acids is 1. The molecule has 0 saturated carbocycles. The summed E-state index contributed by atoms with van der Waals surface area (Å²) in [4.78, 5) is 12.1. The third kappa shape index (κ3) is 4.46. The molecule has 0 spiro atoms. The molecule has 0 fully saturated rings. The number of benzene rings is 1. The van der Waals surface area contributed by atoms with Crippen LogP contribution in [0.4, 0.5) is 0 Å². The van der Waals surface area contributed by atoms with E-state index >= 15 is 0 Å². The number of nitrogens with one attached hydrogen (secondary N) is 1. The summed E-state index contributed by atoms with van der Waals surface area (Å²) in [5.41, 5.74) is 1.92. The fourth-order valence-electron chi connectivity index (χ4n) is 2.13. The Kier molecular flexibility index (Phi) is 5.58. The molecule has 0 aliphatic heterocycles.